The van der Waals surface area contributed by atoms with E-state index in [1.807, 2.05) is 24.3 Å². The van der Waals surface area contributed by atoms with Crippen molar-refractivity contribution in [2.24, 2.45) is 0 Å². The Bertz CT molecular complexity index is 1020. The Morgan fingerprint density at radius 3 is 2.57 bits per heavy atom. The van der Waals surface area contributed by atoms with Gasteiger partial charge in [-0.2, -0.15) is 0 Å². The predicted molar refractivity (Wildman–Crippen MR) is 105 cm³/mol. The van der Waals surface area contributed by atoms with Gasteiger partial charge in [0.15, 0.2) is 12.4 Å². The third-order valence-electron chi connectivity index (χ3n) is 4.22. The Balaban J connectivity index is 1.48. The number of aromatic amines is 1. The van der Waals surface area contributed by atoms with Crippen LogP contribution in [-0.4, -0.2) is 40.7 Å². The Morgan fingerprint density at radius 1 is 1.14 bits per heavy atom. The maximum atomic E-state index is 12.3. The minimum absolute atomic E-state index is 0.120. The van der Waals surface area contributed by atoms with Gasteiger partial charge in [0.05, 0.1) is 22.5 Å². The number of fused-ring (bicyclic) bond motifs is 1. The number of ketones is 2. The summed E-state index contributed by atoms with van der Waals surface area (Å²) in [5.41, 5.74) is 2.86. The van der Waals surface area contributed by atoms with Gasteiger partial charge in [0, 0.05) is 11.3 Å². The number of carbonyl (C=O) groups excluding carboxylic acids is 3. The zero-order chi connectivity index (χ0) is 20.3. The smallest absolute Gasteiger partial charge is 0.332 e. The number of nitrogens with one attached hydrogen (secondary N) is 1. The quantitative estimate of drug-likeness (QED) is 0.460. The number of ether oxygens (including phenoxy) is 2. The first-order valence-electron chi connectivity index (χ1n) is 8.68. The molecule has 0 spiro atoms. The summed E-state index contributed by atoms with van der Waals surface area (Å²) in [6.07, 6.45) is 0. The number of nitrogens with zero attached hydrogens (tertiary/aromatic N) is 1. The van der Waals surface area contributed by atoms with Gasteiger partial charge in [0.25, 0.3) is 0 Å². The lowest BCUT2D eigenvalue weighted by Gasteiger charge is -2.05. The summed E-state index contributed by atoms with van der Waals surface area (Å²) in [6, 6.07) is 7.73. The summed E-state index contributed by atoms with van der Waals surface area (Å²) in [4.78, 5) is 43.1. The summed E-state index contributed by atoms with van der Waals surface area (Å²) in [5.74, 6) is -1.15. The minimum atomic E-state index is -0.637. The second kappa shape index (κ2) is 8.45. The molecule has 0 aliphatic heterocycles. The van der Waals surface area contributed by atoms with Crippen molar-refractivity contribution < 1.29 is 23.9 Å². The Kier molecular flexibility index (Phi) is 6.01. The number of Topliss-reactive ketones (excluding diaryl/α,β-unsaturated/α-hetero) is 2. The van der Waals surface area contributed by atoms with Crippen molar-refractivity contribution in [1.82, 2.24) is 9.97 Å². The molecule has 0 atom stereocenters. The molecule has 2 heterocycles. The van der Waals surface area contributed by atoms with E-state index in [2.05, 4.69) is 9.97 Å². The van der Waals surface area contributed by atoms with E-state index in [0.29, 0.717) is 16.8 Å². The second-order valence-electron chi connectivity index (χ2n) is 6.33. The van der Waals surface area contributed by atoms with E-state index in [4.69, 9.17) is 9.47 Å². The van der Waals surface area contributed by atoms with Crippen LogP contribution in [0, 0.1) is 13.8 Å². The molecule has 0 saturated carbocycles. The number of rotatable bonds is 8. The number of benzene rings is 1. The Hall–Kier alpha value is -2.84. The molecule has 28 heavy (non-hydrogen) atoms. The molecule has 3 rings (SSSR count). The highest BCUT2D eigenvalue weighted by Gasteiger charge is 2.20. The highest BCUT2D eigenvalue weighted by atomic mass is 32.1. The molecule has 0 radical (unpaired) electrons. The molecular formula is C20H20N2O5S. The fraction of sp³-hybridized carbons (Fsp3) is 0.300. The number of para-hydroxylation sites is 1. The van der Waals surface area contributed by atoms with E-state index in [0.717, 1.165) is 15.2 Å². The standard InChI is InChI=1S/C20H20N2O5S/c1-11-19(13(3)23)12(2)21-20(11)15(24)8-27-18(25)10-26-9-17-22-14-6-4-5-7-16(14)28-17/h4-7,21H,8-10H2,1-3H3. The van der Waals surface area contributed by atoms with E-state index < -0.39 is 18.4 Å². The van der Waals surface area contributed by atoms with Crippen molar-refractivity contribution >= 4 is 39.1 Å². The lowest BCUT2D eigenvalue weighted by molar-refractivity contribution is -0.148. The number of H-pyrrole nitrogens is 1. The maximum Gasteiger partial charge on any atom is 0.332 e. The van der Waals surface area contributed by atoms with Crippen LogP contribution in [0.25, 0.3) is 10.2 Å². The van der Waals surface area contributed by atoms with Gasteiger partial charge in [0.2, 0.25) is 5.78 Å². The van der Waals surface area contributed by atoms with Gasteiger partial charge in [0.1, 0.15) is 11.6 Å². The fourth-order valence-electron chi connectivity index (χ4n) is 3.02. The molecule has 0 saturated heterocycles. The molecule has 0 unspecified atom stereocenters. The zero-order valence-corrected chi connectivity index (χ0v) is 16.6. The van der Waals surface area contributed by atoms with Gasteiger partial charge in [-0.1, -0.05) is 12.1 Å². The summed E-state index contributed by atoms with van der Waals surface area (Å²) in [5, 5.41) is 0.763. The highest BCUT2D eigenvalue weighted by Crippen LogP contribution is 2.22. The molecule has 3 aromatic rings. The van der Waals surface area contributed by atoms with Crippen LogP contribution in [0.3, 0.4) is 0 Å². The van der Waals surface area contributed by atoms with Crippen molar-refractivity contribution in [1.29, 1.82) is 0 Å². The van der Waals surface area contributed by atoms with Crippen molar-refractivity contribution in [3.05, 3.63) is 51.8 Å². The van der Waals surface area contributed by atoms with Crippen LogP contribution in [0.15, 0.2) is 24.3 Å². The lowest BCUT2D eigenvalue weighted by Crippen LogP contribution is -2.19. The molecule has 0 aliphatic rings. The Labute approximate surface area is 165 Å². The molecule has 8 heteroatoms. The topological polar surface area (TPSA) is 98.3 Å². The molecule has 0 fully saturated rings. The van der Waals surface area contributed by atoms with Gasteiger partial charge in [-0.15, -0.1) is 11.3 Å². The maximum absolute atomic E-state index is 12.3. The van der Waals surface area contributed by atoms with Crippen molar-refractivity contribution in [2.75, 3.05) is 13.2 Å². The van der Waals surface area contributed by atoms with Crippen LogP contribution >= 0.6 is 11.3 Å². The normalized spacial score (nSPS) is 11.0. The van der Waals surface area contributed by atoms with Gasteiger partial charge in [-0.25, -0.2) is 9.78 Å². The number of aromatic nitrogens is 2. The first-order chi connectivity index (χ1) is 13.4. The molecule has 2 aromatic heterocycles. The molecule has 1 N–H and O–H groups in total. The number of thiazole rings is 1. The molecule has 1 aromatic carbocycles. The van der Waals surface area contributed by atoms with E-state index in [1.165, 1.54) is 18.3 Å². The number of carbonyl (C=O) groups is 3. The SMILES string of the molecule is CC(=O)c1c(C)[nH]c(C(=O)COC(=O)COCc2nc3ccccc3s2)c1C. The second-order valence-corrected chi connectivity index (χ2v) is 7.45. The molecule has 7 nitrogen and oxygen atoms in total. The van der Waals surface area contributed by atoms with Crippen LogP contribution < -0.4 is 0 Å². The average molecular weight is 400 g/mol. The van der Waals surface area contributed by atoms with Crippen molar-refractivity contribution in [2.45, 2.75) is 27.4 Å². The number of esters is 1. The summed E-state index contributed by atoms with van der Waals surface area (Å²) in [6.45, 7) is 4.37. The van der Waals surface area contributed by atoms with Crippen LogP contribution in [0.5, 0.6) is 0 Å². The van der Waals surface area contributed by atoms with Gasteiger partial charge in [-0.05, 0) is 38.5 Å². The van der Waals surface area contributed by atoms with Crippen LogP contribution in [-0.2, 0) is 20.9 Å². The average Bonchev–Trinajstić information content (AvgIpc) is 3.19. The first kappa shape index (κ1) is 19.9. The van der Waals surface area contributed by atoms with Crippen LogP contribution in [0.2, 0.25) is 0 Å². The van der Waals surface area contributed by atoms with E-state index >= 15 is 0 Å². The molecule has 146 valence electrons. The van der Waals surface area contributed by atoms with E-state index in [9.17, 15) is 14.4 Å². The molecule has 0 amide bonds. The monoisotopic (exact) mass is 400 g/mol. The number of hydrogen-bond acceptors (Lipinski definition) is 7. The third kappa shape index (κ3) is 4.35. The molecule has 0 bridgehead atoms. The Morgan fingerprint density at radius 2 is 1.89 bits per heavy atom. The minimum Gasteiger partial charge on any atom is -0.456 e. The van der Waals surface area contributed by atoms with Gasteiger partial charge in [-0.3, -0.25) is 9.59 Å². The van der Waals surface area contributed by atoms with Crippen molar-refractivity contribution in [3.8, 4) is 0 Å². The van der Waals surface area contributed by atoms with E-state index in [1.54, 1.807) is 13.8 Å². The summed E-state index contributed by atoms with van der Waals surface area (Å²) >= 11 is 1.50. The zero-order valence-electron chi connectivity index (χ0n) is 15.8. The summed E-state index contributed by atoms with van der Waals surface area (Å²) in [7, 11) is 0. The largest absolute Gasteiger partial charge is 0.456 e. The number of aryl methyl sites for hydroxylation is 1. The predicted octanol–water partition coefficient (Wildman–Crippen LogP) is 3.39. The van der Waals surface area contributed by atoms with E-state index in [-0.39, 0.29) is 24.7 Å². The number of hydrogen-bond donors (Lipinski definition) is 1. The van der Waals surface area contributed by atoms with Crippen LogP contribution in [0.1, 0.15) is 44.0 Å². The lowest BCUT2D eigenvalue weighted by atomic mass is 10.1. The third-order valence-corrected chi connectivity index (χ3v) is 5.23. The van der Waals surface area contributed by atoms with Crippen molar-refractivity contribution in [3.63, 3.8) is 0 Å². The summed E-state index contributed by atoms with van der Waals surface area (Å²) < 4.78 is 11.4. The molecule has 0 aliphatic carbocycles. The fourth-order valence-corrected chi connectivity index (χ4v) is 3.93. The van der Waals surface area contributed by atoms with Gasteiger partial charge < -0.3 is 14.5 Å². The first-order valence-corrected chi connectivity index (χ1v) is 9.49. The highest BCUT2D eigenvalue weighted by molar-refractivity contribution is 7.18. The van der Waals surface area contributed by atoms with Crippen LogP contribution in [0.4, 0.5) is 0 Å². The molecular weight excluding hydrogens is 380 g/mol. The van der Waals surface area contributed by atoms with Gasteiger partial charge >= 0.3 is 5.97 Å².